The van der Waals surface area contributed by atoms with Gasteiger partial charge in [0.1, 0.15) is 10.8 Å². The number of ether oxygens (including phenoxy) is 1. The molecule has 0 radical (unpaired) electrons. The van der Waals surface area contributed by atoms with Crippen LogP contribution in [0.3, 0.4) is 0 Å². The minimum absolute atomic E-state index is 0.293. The van der Waals surface area contributed by atoms with Crippen LogP contribution < -0.4 is 20.7 Å². The zero-order valence-corrected chi connectivity index (χ0v) is 18.2. The summed E-state index contributed by atoms with van der Waals surface area (Å²) in [5.74, 6) is 1.26. The van der Waals surface area contributed by atoms with Crippen molar-refractivity contribution in [2.24, 2.45) is 0 Å². The van der Waals surface area contributed by atoms with Crippen molar-refractivity contribution in [1.29, 1.82) is 0 Å². The topological polar surface area (TPSA) is 101 Å². The third-order valence-electron chi connectivity index (χ3n) is 4.37. The second-order valence-electron chi connectivity index (χ2n) is 6.87. The molecule has 0 unspecified atom stereocenters. The highest BCUT2D eigenvalue weighted by molar-refractivity contribution is 6.32. The van der Waals surface area contributed by atoms with Crippen LogP contribution in [0.2, 0.25) is 5.02 Å². The number of pyridine rings is 1. The van der Waals surface area contributed by atoms with Crippen molar-refractivity contribution in [3.8, 4) is 5.75 Å². The third kappa shape index (κ3) is 5.49. The zero-order chi connectivity index (χ0) is 22.4. The summed E-state index contributed by atoms with van der Waals surface area (Å²) in [5.41, 5.74) is 3.04. The first kappa shape index (κ1) is 22.0. The van der Waals surface area contributed by atoms with Gasteiger partial charge in [-0.1, -0.05) is 32.0 Å². The van der Waals surface area contributed by atoms with Crippen LogP contribution in [0.5, 0.6) is 5.75 Å². The molecule has 0 aliphatic rings. The fourth-order valence-corrected chi connectivity index (χ4v) is 2.99. The molecule has 8 nitrogen and oxygen atoms in total. The zero-order valence-electron chi connectivity index (χ0n) is 17.4. The number of nitrogens with one attached hydrogen (secondary N) is 3. The fraction of sp³-hybridized carbons (Fsp3) is 0.182. The molecule has 2 heterocycles. The van der Waals surface area contributed by atoms with E-state index in [1.807, 2.05) is 6.07 Å². The maximum Gasteiger partial charge on any atom is 0.247 e. The lowest BCUT2D eigenvalue weighted by Gasteiger charge is -2.16. The lowest BCUT2D eigenvalue weighted by atomic mass is 10.0. The van der Waals surface area contributed by atoms with Crippen molar-refractivity contribution < 1.29 is 9.53 Å². The second kappa shape index (κ2) is 9.90. The predicted molar refractivity (Wildman–Crippen MR) is 124 cm³/mol. The number of hydrogen-bond donors (Lipinski definition) is 3. The number of methoxy groups -OCH3 is 1. The number of carbonyl (C=O) groups excluding carboxylic acids is 1. The Morgan fingerprint density at radius 2 is 2.00 bits per heavy atom. The first-order chi connectivity index (χ1) is 14.9. The Kier molecular flexibility index (Phi) is 7.04. The van der Waals surface area contributed by atoms with E-state index in [9.17, 15) is 4.79 Å². The first-order valence-electron chi connectivity index (χ1n) is 9.53. The SMILES string of the molecule is C=CC(=O)Nc1ccc(OC)c(Nc2ncc(Cl)c(Nc3cnccc3C(C)C)n2)c1. The molecule has 3 aromatic rings. The summed E-state index contributed by atoms with van der Waals surface area (Å²) in [6, 6.07) is 7.11. The van der Waals surface area contributed by atoms with Gasteiger partial charge >= 0.3 is 0 Å². The number of aromatic nitrogens is 3. The van der Waals surface area contributed by atoms with Crippen molar-refractivity contribution in [3.63, 3.8) is 0 Å². The number of rotatable bonds is 8. The smallest absolute Gasteiger partial charge is 0.247 e. The number of amides is 1. The molecule has 0 spiro atoms. The van der Waals surface area contributed by atoms with E-state index in [-0.39, 0.29) is 5.91 Å². The molecular weight excluding hydrogens is 416 g/mol. The van der Waals surface area contributed by atoms with Crippen molar-refractivity contribution in [2.45, 2.75) is 19.8 Å². The lowest BCUT2D eigenvalue weighted by molar-refractivity contribution is -0.111. The Morgan fingerprint density at radius 3 is 2.71 bits per heavy atom. The van der Waals surface area contributed by atoms with Crippen LogP contribution in [-0.2, 0) is 4.79 Å². The highest BCUT2D eigenvalue weighted by atomic mass is 35.5. The van der Waals surface area contributed by atoms with Gasteiger partial charge in [-0.2, -0.15) is 4.98 Å². The quantitative estimate of drug-likeness (QED) is 0.412. The lowest BCUT2D eigenvalue weighted by Crippen LogP contribution is -2.08. The van der Waals surface area contributed by atoms with E-state index in [2.05, 4.69) is 51.3 Å². The van der Waals surface area contributed by atoms with E-state index in [0.717, 1.165) is 11.3 Å². The minimum Gasteiger partial charge on any atom is -0.495 e. The van der Waals surface area contributed by atoms with E-state index in [1.165, 1.54) is 12.3 Å². The van der Waals surface area contributed by atoms with Crippen LogP contribution in [0.1, 0.15) is 25.3 Å². The predicted octanol–water partition coefficient (Wildman–Crippen LogP) is 5.27. The molecule has 0 saturated carbocycles. The molecule has 31 heavy (non-hydrogen) atoms. The highest BCUT2D eigenvalue weighted by Crippen LogP contribution is 2.32. The summed E-state index contributed by atoms with van der Waals surface area (Å²) in [6.45, 7) is 7.65. The van der Waals surface area contributed by atoms with Gasteiger partial charge < -0.3 is 20.7 Å². The largest absolute Gasteiger partial charge is 0.495 e. The second-order valence-corrected chi connectivity index (χ2v) is 7.27. The van der Waals surface area contributed by atoms with Crippen molar-refractivity contribution in [2.75, 3.05) is 23.1 Å². The maximum atomic E-state index is 11.6. The third-order valence-corrected chi connectivity index (χ3v) is 4.65. The first-order valence-corrected chi connectivity index (χ1v) is 9.91. The van der Waals surface area contributed by atoms with Gasteiger partial charge in [-0.25, -0.2) is 4.98 Å². The Balaban J connectivity index is 1.89. The summed E-state index contributed by atoms with van der Waals surface area (Å²) in [7, 11) is 1.55. The molecule has 9 heteroatoms. The van der Waals surface area contributed by atoms with E-state index >= 15 is 0 Å². The van der Waals surface area contributed by atoms with Crippen molar-refractivity contribution >= 4 is 46.3 Å². The Labute approximate surface area is 185 Å². The fourth-order valence-electron chi connectivity index (χ4n) is 2.85. The number of halogens is 1. The number of nitrogens with zero attached hydrogens (tertiary/aromatic N) is 3. The van der Waals surface area contributed by atoms with Gasteiger partial charge in [-0.3, -0.25) is 9.78 Å². The normalized spacial score (nSPS) is 10.5. The van der Waals surface area contributed by atoms with Gasteiger partial charge in [0, 0.05) is 11.9 Å². The molecule has 3 rings (SSSR count). The minimum atomic E-state index is -0.317. The van der Waals surface area contributed by atoms with Crippen LogP contribution >= 0.6 is 11.6 Å². The van der Waals surface area contributed by atoms with Crippen LogP contribution in [0.25, 0.3) is 0 Å². The number of hydrogen-bond acceptors (Lipinski definition) is 7. The number of carbonyl (C=O) groups is 1. The molecule has 160 valence electrons. The van der Waals surface area contributed by atoms with E-state index in [0.29, 0.717) is 39.8 Å². The van der Waals surface area contributed by atoms with Crippen LogP contribution in [0.4, 0.5) is 28.8 Å². The van der Waals surface area contributed by atoms with Gasteiger partial charge in [0.05, 0.1) is 30.9 Å². The summed E-state index contributed by atoms with van der Waals surface area (Å²) in [6.07, 6.45) is 6.18. The average Bonchev–Trinajstić information content (AvgIpc) is 2.76. The van der Waals surface area contributed by atoms with E-state index in [1.54, 1.807) is 37.7 Å². The molecule has 2 aromatic heterocycles. The molecule has 0 bridgehead atoms. The molecular formula is C22H23ClN6O2. The summed E-state index contributed by atoms with van der Waals surface area (Å²) < 4.78 is 5.39. The molecule has 0 aliphatic carbocycles. The van der Waals surface area contributed by atoms with Gasteiger partial charge in [0.25, 0.3) is 0 Å². The highest BCUT2D eigenvalue weighted by Gasteiger charge is 2.13. The van der Waals surface area contributed by atoms with Crippen molar-refractivity contribution in [3.05, 3.63) is 66.1 Å². The Bertz CT molecular complexity index is 1100. The van der Waals surface area contributed by atoms with E-state index in [4.69, 9.17) is 16.3 Å². The molecule has 0 saturated heterocycles. The van der Waals surface area contributed by atoms with Crippen molar-refractivity contribution in [1.82, 2.24) is 15.0 Å². The monoisotopic (exact) mass is 438 g/mol. The number of benzene rings is 1. The van der Waals surface area contributed by atoms with Crippen LogP contribution in [0, 0.1) is 0 Å². The summed E-state index contributed by atoms with van der Waals surface area (Å²) in [5, 5.41) is 9.41. The van der Waals surface area contributed by atoms with Gasteiger partial charge in [0.15, 0.2) is 5.82 Å². The Hall–Kier alpha value is -3.65. The standard InChI is InChI=1S/C22H23ClN6O2/c1-5-20(30)26-14-6-7-19(31-4)17(10-14)28-22-25-11-16(23)21(29-22)27-18-12-24-9-8-15(18)13(2)3/h5-13H,1H2,2-4H3,(H,26,30)(H2,25,27,28,29). The molecule has 3 N–H and O–H groups in total. The average molecular weight is 439 g/mol. The summed E-state index contributed by atoms with van der Waals surface area (Å²) in [4.78, 5) is 24.5. The van der Waals surface area contributed by atoms with Crippen LogP contribution in [0.15, 0.2) is 55.5 Å². The Morgan fingerprint density at radius 1 is 1.19 bits per heavy atom. The van der Waals surface area contributed by atoms with E-state index < -0.39 is 0 Å². The molecule has 1 aromatic carbocycles. The molecule has 1 amide bonds. The van der Waals surface area contributed by atoms with Gasteiger partial charge in [-0.15, -0.1) is 0 Å². The molecule has 0 atom stereocenters. The van der Waals surface area contributed by atoms with Gasteiger partial charge in [0.2, 0.25) is 11.9 Å². The summed E-state index contributed by atoms with van der Waals surface area (Å²) >= 11 is 6.32. The number of anilines is 5. The van der Waals surface area contributed by atoms with Crippen LogP contribution in [-0.4, -0.2) is 28.0 Å². The van der Waals surface area contributed by atoms with Gasteiger partial charge in [-0.05, 0) is 41.8 Å². The molecule has 0 aliphatic heterocycles. The molecule has 0 fully saturated rings. The maximum absolute atomic E-state index is 11.6.